The summed E-state index contributed by atoms with van der Waals surface area (Å²) >= 11 is 0. The summed E-state index contributed by atoms with van der Waals surface area (Å²) in [5.74, 6) is -0.661. The topological polar surface area (TPSA) is 66.4 Å². The maximum absolute atomic E-state index is 12.7. The minimum atomic E-state index is -0.944. The highest BCUT2D eigenvalue weighted by Crippen LogP contribution is 2.32. The van der Waals surface area contributed by atoms with Crippen LogP contribution in [0.1, 0.15) is 67.4 Å². The molecule has 0 aromatic heterocycles. The Morgan fingerprint density at radius 3 is 2.58 bits per heavy atom. The molecule has 0 unspecified atom stereocenters. The second-order valence-corrected chi connectivity index (χ2v) is 7.66. The minimum Gasteiger partial charge on any atom is -0.478 e. The van der Waals surface area contributed by atoms with Crippen LogP contribution in [-0.4, -0.2) is 22.4 Å². The van der Waals surface area contributed by atoms with E-state index in [0.717, 1.165) is 48.9 Å². The molecule has 1 aliphatic heterocycles. The van der Waals surface area contributed by atoms with Gasteiger partial charge in [-0.3, -0.25) is 4.79 Å². The first-order chi connectivity index (χ1) is 11.4. The Kier molecular flexibility index (Phi) is 4.48. The van der Waals surface area contributed by atoms with Crippen LogP contribution in [-0.2, 0) is 11.2 Å². The third kappa shape index (κ3) is 3.53. The third-order valence-electron chi connectivity index (χ3n) is 5.05. The van der Waals surface area contributed by atoms with Gasteiger partial charge in [-0.15, -0.1) is 0 Å². The Hall–Kier alpha value is -2.10. The van der Waals surface area contributed by atoms with Crippen molar-refractivity contribution in [1.82, 2.24) is 5.32 Å². The summed E-state index contributed by atoms with van der Waals surface area (Å²) < 4.78 is 0. The molecule has 2 N–H and O–H groups in total. The molecule has 128 valence electrons. The van der Waals surface area contributed by atoms with Gasteiger partial charge in [0.15, 0.2) is 5.78 Å². The average molecular weight is 327 g/mol. The lowest BCUT2D eigenvalue weighted by molar-refractivity contribution is -0.119. The van der Waals surface area contributed by atoms with E-state index in [4.69, 9.17) is 0 Å². The number of rotatable bonds is 3. The predicted octanol–water partition coefficient (Wildman–Crippen LogP) is 3.80. The van der Waals surface area contributed by atoms with E-state index in [0.29, 0.717) is 0 Å². The van der Waals surface area contributed by atoms with Gasteiger partial charge in [0, 0.05) is 28.8 Å². The summed E-state index contributed by atoms with van der Waals surface area (Å²) in [6.07, 6.45) is 7.91. The second kappa shape index (κ2) is 6.42. The monoisotopic (exact) mass is 327 g/mol. The van der Waals surface area contributed by atoms with Crippen molar-refractivity contribution in [2.24, 2.45) is 5.92 Å². The molecular weight excluding hydrogens is 302 g/mol. The number of hydrogen-bond donors (Lipinski definition) is 2. The molecule has 1 fully saturated rings. The number of ketones is 1. The maximum Gasteiger partial charge on any atom is 0.335 e. The molecule has 1 aromatic carbocycles. The van der Waals surface area contributed by atoms with Crippen LogP contribution in [0.4, 0.5) is 0 Å². The lowest BCUT2D eigenvalue weighted by atomic mass is 9.82. The Labute approximate surface area is 143 Å². The summed E-state index contributed by atoms with van der Waals surface area (Å²) in [4.78, 5) is 24.0. The molecule has 1 saturated carbocycles. The second-order valence-electron chi connectivity index (χ2n) is 7.66. The van der Waals surface area contributed by atoms with Gasteiger partial charge in [0.25, 0.3) is 0 Å². The van der Waals surface area contributed by atoms with E-state index < -0.39 is 5.97 Å². The number of aromatic carboxylic acids is 1. The number of carboxylic acid groups (broad SMARTS) is 1. The van der Waals surface area contributed by atoms with Crippen LogP contribution in [0.3, 0.4) is 0 Å². The molecule has 0 amide bonds. The normalized spacial score (nSPS) is 21.8. The summed E-state index contributed by atoms with van der Waals surface area (Å²) in [5.41, 5.74) is 2.80. The Morgan fingerprint density at radius 2 is 1.92 bits per heavy atom. The molecule has 24 heavy (non-hydrogen) atoms. The number of hydrogen-bond acceptors (Lipinski definition) is 3. The summed E-state index contributed by atoms with van der Waals surface area (Å²) in [6.45, 7) is 4.19. The SMILES string of the molecule is CC1(C)Cc2ccc(C(=O)O)cc2/C(=C/C(=O)C2CCCCC2)N1. The van der Waals surface area contributed by atoms with Crippen LogP contribution < -0.4 is 5.32 Å². The predicted molar refractivity (Wildman–Crippen MR) is 93.9 cm³/mol. The van der Waals surface area contributed by atoms with E-state index in [1.165, 1.54) is 6.42 Å². The van der Waals surface area contributed by atoms with Crippen molar-refractivity contribution in [3.63, 3.8) is 0 Å². The number of carboxylic acids is 1. The summed E-state index contributed by atoms with van der Waals surface area (Å²) in [5, 5.41) is 12.7. The Bertz CT molecular complexity index is 697. The van der Waals surface area contributed by atoms with Gasteiger partial charge in [-0.2, -0.15) is 0 Å². The van der Waals surface area contributed by atoms with E-state index in [1.54, 1.807) is 18.2 Å². The molecule has 3 rings (SSSR count). The van der Waals surface area contributed by atoms with Crippen molar-refractivity contribution in [3.05, 3.63) is 41.0 Å². The zero-order chi connectivity index (χ0) is 17.3. The summed E-state index contributed by atoms with van der Waals surface area (Å²) in [6, 6.07) is 5.20. The Morgan fingerprint density at radius 1 is 1.21 bits per heavy atom. The lowest BCUT2D eigenvalue weighted by Crippen LogP contribution is -2.44. The fourth-order valence-corrected chi connectivity index (χ4v) is 3.83. The third-order valence-corrected chi connectivity index (χ3v) is 5.05. The first kappa shape index (κ1) is 16.7. The van der Waals surface area contributed by atoms with Crippen molar-refractivity contribution in [3.8, 4) is 0 Å². The van der Waals surface area contributed by atoms with Crippen LogP contribution in [0, 0.1) is 5.92 Å². The molecular formula is C20H25NO3. The van der Waals surface area contributed by atoms with Crippen molar-refractivity contribution in [2.45, 2.75) is 57.9 Å². The molecule has 2 aliphatic rings. The lowest BCUT2D eigenvalue weighted by Gasteiger charge is -2.36. The van der Waals surface area contributed by atoms with Crippen LogP contribution in [0.5, 0.6) is 0 Å². The van der Waals surface area contributed by atoms with Gasteiger partial charge in [0.1, 0.15) is 0 Å². The molecule has 4 nitrogen and oxygen atoms in total. The van der Waals surface area contributed by atoms with Gasteiger partial charge in [-0.05, 0) is 50.8 Å². The number of allylic oxidation sites excluding steroid dienone is 1. The molecule has 0 atom stereocenters. The molecule has 0 radical (unpaired) electrons. The largest absolute Gasteiger partial charge is 0.478 e. The van der Waals surface area contributed by atoms with Crippen LogP contribution in [0.15, 0.2) is 24.3 Å². The molecule has 0 saturated heterocycles. The van der Waals surface area contributed by atoms with Crippen molar-refractivity contribution < 1.29 is 14.7 Å². The van der Waals surface area contributed by atoms with Gasteiger partial charge in [0.2, 0.25) is 0 Å². The van der Waals surface area contributed by atoms with Gasteiger partial charge in [0.05, 0.1) is 5.56 Å². The fourth-order valence-electron chi connectivity index (χ4n) is 3.83. The molecule has 1 aromatic rings. The van der Waals surface area contributed by atoms with Crippen molar-refractivity contribution in [1.29, 1.82) is 0 Å². The number of nitrogens with one attached hydrogen (secondary N) is 1. The maximum atomic E-state index is 12.7. The van der Waals surface area contributed by atoms with Gasteiger partial charge in [-0.25, -0.2) is 4.79 Å². The first-order valence-corrected chi connectivity index (χ1v) is 8.76. The molecule has 4 heteroatoms. The van der Waals surface area contributed by atoms with Crippen LogP contribution >= 0.6 is 0 Å². The van der Waals surface area contributed by atoms with Crippen molar-refractivity contribution in [2.75, 3.05) is 0 Å². The van der Waals surface area contributed by atoms with E-state index >= 15 is 0 Å². The zero-order valence-electron chi connectivity index (χ0n) is 14.4. The van der Waals surface area contributed by atoms with Gasteiger partial charge >= 0.3 is 5.97 Å². The van der Waals surface area contributed by atoms with Crippen LogP contribution in [0.25, 0.3) is 5.70 Å². The smallest absolute Gasteiger partial charge is 0.335 e. The van der Waals surface area contributed by atoms with Crippen molar-refractivity contribution >= 4 is 17.4 Å². The standard InChI is InChI=1S/C20H25NO3/c1-20(2)12-15-9-8-14(19(23)24)10-16(15)17(21-20)11-18(22)13-6-4-3-5-7-13/h8-11,13,21H,3-7,12H2,1-2H3,(H,23,24)/b17-11-. The molecule has 1 heterocycles. The quantitative estimate of drug-likeness (QED) is 0.829. The van der Waals surface area contributed by atoms with Gasteiger partial charge < -0.3 is 10.4 Å². The minimum absolute atomic E-state index is 0.115. The van der Waals surface area contributed by atoms with Gasteiger partial charge in [-0.1, -0.05) is 25.3 Å². The van der Waals surface area contributed by atoms with E-state index in [1.807, 2.05) is 6.07 Å². The number of benzene rings is 1. The fraction of sp³-hybridized carbons (Fsp3) is 0.500. The number of carbonyl (C=O) groups excluding carboxylic acids is 1. The number of carbonyl (C=O) groups is 2. The highest BCUT2D eigenvalue weighted by molar-refractivity contribution is 5.99. The highest BCUT2D eigenvalue weighted by atomic mass is 16.4. The zero-order valence-corrected chi connectivity index (χ0v) is 14.4. The molecule has 0 spiro atoms. The van der Waals surface area contributed by atoms with E-state index in [9.17, 15) is 14.7 Å². The van der Waals surface area contributed by atoms with E-state index in [2.05, 4.69) is 19.2 Å². The van der Waals surface area contributed by atoms with E-state index in [-0.39, 0.29) is 22.8 Å². The average Bonchev–Trinajstić information content (AvgIpc) is 2.54. The first-order valence-electron chi connectivity index (χ1n) is 8.76. The highest BCUT2D eigenvalue weighted by Gasteiger charge is 2.29. The molecule has 1 aliphatic carbocycles. The van der Waals surface area contributed by atoms with Crippen LogP contribution in [0.2, 0.25) is 0 Å². The summed E-state index contributed by atoms with van der Waals surface area (Å²) in [7, 11) is 0. The molecule has 0 bridgehead atoms. The number of fused-ring (bicyclic) bond motifs is 1. The Balaban J connectivity index is 1.97.